The van der Waals surface area contributed by atoms with Crippen LogP contribution in [0, 0.1) is 0 Å². The zero-order valence-electron chi connectivity index (χ0n) is 15.7. The second-order valence-corrected chi connectivity index (χ2v) is 6.67. The van der Waals surface area contributed by atoms with Crippen molar-refractivity contribution in [2.24, 2.45) is 0 Å². The van der Waals surface area contributed by atoms with Gasteiger partial charge in [-0.2, -0.15) is 0 Å². The van der Waals surface area contributed by atoms with Crippen LogP contribution >= 0.6 is 0 Å². The summed E-state index contributed by atoms with van der Waals surface area (Å²) in [5.74, 6) is 0.171. The fourth-order valence-electron chi connectivity index (χ4n) is 2.71. The predicted molar refractivity (Wildman–Crippen MR) is 95.4 cm³/mol. The minimum absolute atomic E-state index is 0. The average Bonchev–Trinajstić information content (AvgIpc) is 2.51. The molecule has 23 heavy (non-hydrogen) atoms. The lowest BCUT2D eigenvalue weighted by Crippen LogP contribution is -3.00. The summed E-state index contributed by atoms with van der Waals surface area (Å²) >= 11 is 0. The third-order valence-corrected chi connectivity index (χ3v) is 4.37. The first kappa shape index (κ1) is 25.0. The Hall–Kier alpha value is -0.280. The van der Waals surface area contributed by atoms with Gasteiger partial charge in [0.25, 0.3) is 0 Å². The van der Waals surface area contributed by atoms with Gasteiger partial charge >= 0.3 is 0 Å². The Balaban J connectivity index is 0. The molecule has 0 spiro atoms. The van der Waals surface area contributed by atoms with Gasteiger partial charge in [0.2, 0.25) is 5.91 Å². The summed E-state index contributed by atoms with van der Waals surface area (Å²) in [6, 6.07) is 0. The van der Waals surface area contributed by atoms with Crippen molar-refractivity contribution in [3.8, 4) is 0 Å². The van der Waals surface area contributed by atoms with Gasteiger partial charge in [0.05, 0.1) is 0 Å². The van der Waals surface area contributed by atoms with Crippen molar-refractivity contribution < 1.29 is 22.9 Å². The first-order valence-electron chi connectivity index (χ1n) is 9.83. The van der Waals surface area contributed by atoms with Crippen LogP contribution in [0.5, 0.6) is 0 Å². The van der Waals surface area contributed by atoms with Crippen molar-refractivity contribution in [1.82, 2.24) is 5.32 Å². The molecule has 0 aromatic carbocycles. The predicted octanol–water partition coefficient (Wildman–Crippen LogP) is 1.57. The molecule has 0 aliphatic rings. The number of halogens is 1. The van der Waals surface area contributed by atoms with Crippen LogP contribution in [0.1, 0.15) is 110 Å². The van der Waals surface area contributed by atoms with Gasteiger partial charge in [-0.3, -0.25) is 4.79 Å². The summed E-state index contributed by atoms with van der Waals surface area (Å²) in [5.41, 5.74) is 3.88. The van der Waals surface area contributed by atoms with E-state index in [-0.39, 0.29) is 24.5 Å². The molecule has 0 heterocycles. The van der Waals surface area contributed by atoms with Gasteiger partial charge in [-0.05, 0) is 6.42 Å². The molecule has 0 aromatic heterocycles. The van der Waals surface area contributed by atoms with Gasteiger partial charge in [0, 0.05) is 12.8 Å². The molecule has 1 unspecified atom stereocenters. The van der Waals surface area contributed by atoms with Crippen molar-refractivity contribution in [2.45, 2.75) is 116 Å². The third kappa shape index (κ3) is 19.7. The highest BCUT2D eigenvalue weighted by atomic mass is 35.5. The SMILES string of the molecule is CCCCCCCCCCCCCCCC(=O)NC([NH3+])CC.[Cl-]. The van der Waals surface area contributed by atoms with Crippen LogP contribution in [0.3, 0.4) is 0 Å². The quantitative estimate of drug-likeness (QED) is 0.323. The van der Waals surface area contributed by atoms with Crippen LogP contribution in [-0.2, 0) is 4.79 Å². The molecule has 0 aromatic rings. The largest absolute Gasteiger partial charge is 1.00 e. The van der Waals surface area contributed by atoms with E-state index in [4.69, 9.17) is 0 Å². The summed E-state index contributed by atoms with van der Waals surface area (Å²) in [4.78, 5) is 11.6. The van der Waals surface area contributed by atoms with Crippen LogP contribution in [0.25, 0.3) is 0 Å². The lowest BCUT2D eigenvalue weighted by molar-refractivity contribution is -0.426. The van der Waals surface area contributed by atoms with Crippen molar-refractivity contribution in [3.63, 3.8) is 0 Å². The first-order chi connectivity index (χ1) is 10.7. The zero-order chi connectivity index (χ0) is 16.5. The minimum atomic E-state index is 0. The summed E-state index contributed by atoms with van der Waals surface area (Å²) < 4.78 is 0. The van der Waals surface area contributed by atoms with Crippen LogP contribution in [0.2, 0.25) is 0 Å². The maximum absolute atomic E-state index is 11.6. The zero-order valence-corrected chi connectivity index (χ0v) is 16.4. The normalized spacial score (nSPS) is 11.8. The van der Waals surface area contributed by atoms with Crippen molar-refractivity contribution in [3.05, 3.63) is 0 Å². The van der Waals surface area contributed by atoms with Gasteiger partial charge in [-0.15, -0.1) is 0 Å². The fraction of sp³-hybridized carbons (Fsp3) is 0.947. The molecule has 0 aliphatic carbocycles. The number of unbranched alkanes of at least 4 members (excludes halogenated alkanes) is 12. The Morgan fingerprint density at radius 3 is 1.57 bits per heavy atom. The van der Waals surface area contributed by atoms with Crippen LogP contribution in [-0.4, -0.2) is 12.1 Å². The molecule has 1 atom stereocenters. The molecule has 0 bridgehead atoms. The second kappa shape index (κ2) is 19.8. The first-order valence-corrected chi connectivity index (χ1v) is 9.83. The molecular formula is C19H41ClN2O. The number of carbonyl (C=O) groups is 1. The molecule has 4 heteroatoms. The smallest absolute Gasteiger partial charge is 0.224 e. The number of hydrogen-bond acceptors (Lipinski definition) is 1. The van der Waals surface area contributed by atoms with Crippen LogP contribution in [0.4, 0.5) is 0 Å². The van der Waals surface area contributed by atoms with Gasteiger partial charge in [0.1, 0.15) is 0 Å². The lowest BCUT2D eigenvalue weighted by atomic mass is 10.0. The Bertz CT molecular complexity index is 250. The Kier molecular flexibility index (Phi) is 21.5. The Morgan fingerprint density at radius 1 is 0.783 bits per heavy atom. The summed E-state index contributed by atoms with van der Waals surface area (Å²) in [7, 11) is 0. The van der Waals surface area contributed by atoms with Gasteiger partial charge < -0.3 is 23.5 Å². The number of nitrogens with one attached hydrogen (secondary N) is 1. The fourth-order valence-corrected chi connectivity index (χ4v) is 2.71. The molecule has 0 fully saturated rings. The van der Waals surface area contributed by atoms with E-state index in [0.717, 1.165) is 12.8 Å². The van der Waals surface area contributed by atoms with E-state index in [9.17, 15) is 4.79 Å². The molecule has 0 saturated carbocycles. The van der Waals surface area contributed by atoms with E-state index >= 15 is 0 Å². The second-order valence-electron chi connectivity index (χ2n) is 6.67. The van der Waals surface area contributed by atoms with Gasteiger partial charge in [-0.25, -0.2) is 0 Å². The number of hydrogen-bond donors (Lipinski definition) is 2. The molecule has 0 radical (unpaired) electrons. The van der Waals surface area contributed by atoms with E-state index in [2.05, 4.69) is 18.0 Å². The Morgan fingerprint density at radius 2 is 1.17 bits per heavy atom. The van der Waals surface area contributed by atoms with Crippen molar-refractivity contribution in [2.75, 3.05) is 0 Å². The number of quaternary nitrogens is 1. The molecule has 0 rings (SSSR count). The van der Waals surface area contributed by atoms with E-state index < -0.39 is 0 Å². The molecule has 0 saturated heterocycles. The summed E-state index contributed by atoms with van der Waals surface area (Å²) in [6.45, 7) is 4.32. The van der Waals surface area contributed by atoms with E-state index in [1.165, 1.54) is 77.0 Å². The van der Waals surface area contributed by atoms with E-state index in [1.54, 1.807) is 0 Å². The number of carbonyl (C=O) groups excluding carboxylic acids is 1. The molecular weight excluding hydrogens is 308 g/mol. The molecule has 4 N–H and O–H groups in total. The third-order valence-electron chi connectivity index (χ3n) is 4.37. The maximum atomic E-state index is 11.6. The average molecular weight is 349 g/mol. The van der Waals surface area contributed by atoms with Crippen molar-refractivity contribution >= 4 is 5.91 Å². The summed E-state index contributed by atoms with van der Waals surface area (Å²) in [6.07, 6.45) is 19.1. The monoisotopic (exact) mass is 348 g/mol. The highest BCUT2D eigenvalue weighted by Gasteiger charge is 2.06. The Labute approximate surface area is 151 Å². The number of amides is 1. The standard InChI is InChI=1S/C19H40N2O.ClH/c1-3-5-6-7-8-9-10-11-12-13-14-15-16-17-19(22)21-18(20)4-2;/h18H,3-17,20H2,1-2H3,(H,21,22);1H. The molecule has 1 amide bonds. The van der Waals surface area contributed by atoms with Gasteiger partial charge in [0.15, 0.2) is 6.17 Å². The van der Waals surface area contributed by atoms with Crippen molar-refractivity contribution in [1.29, 1.82) is 0 Å². The highest BCUT2D eigenvalue weighted by molar-refractivity contribution is 5.75. The van der Waals surface area contributed by atoms with Crippen LogP contribution < -0.4 is 23.5 Å². The highest BCUT2D eigenvalue weighted by Crippen LogP contribution is 2.12. The van der Waals surface area contributed by atoms with Crippen LogP contribution in [0.15, 0.2) is 0 Å². The van der Waals surface area contributed by atoms with E-state index in [0.29, 0.717) is 6.42 Å². The molecule has 0 aliphatic heterocycles. The topological polar surface area (TPSA) is 56.7 Å². The lowest BCUT2D eigenvalue weighted by Gasteiger charge is -2.08. The molecule has 140 valence electrons. The maximum Gasteiger partial charge on any atom is 0.224 e. The minimum Gasteiger partial charge on any atom is -1.00 e. The summed E-state index contributed by atoms with van der Waals surface area (Å²) in [5, 5.41) is 2.92. The number of rotatable bonds is 16. The van der Waals surface area contributed by atoms with Gasteiger partial charge in [-0.1, -0.05) is 90.9 Å². The van der Waals surface area contributed by atoms with E-state index in [1.807, 2.05) is 6.92 Å². The molecule has 3 nitrogen and oxygen atoms in total.